The number of ketones is 1. The molecule has 0 aromatic rings. The first-order valence-corrected chi connectivity index (χ1v) is 6.46. The molecule has 0 aliphatic carbocycles. The lowest BCUT2D eigenvalue weighted by molar-refractivity contribution is -0.124. The Bertz CT molecular complexity index is 230. The molecule has 3 heteroatoms. The zero-order valence-electron chi connectivity index (χ0n) is 11.2. The van der Waals surface area contributed by atoms with E-state index in [0.29, 0.717) is 11.7 Å². The van der Waals surface area contributed by atoms with Crippen molar-refractivity contribution >= 4 is 5.78 Å². The first-order chi connectivity index (χ1) is 7.54. The molecule has 1 aliphatic rings. The van der Waals surface area contributed by atoms with Gasteiger partial charge in [-0.2, -0.15) is 0 Å². The normalized spacial score (nSPS) is 26.4. The minimum absolute atomic E-state index is 0.112. The number of rotatable bonds is 4. The van der Waals surface area contributed by atoms with Gasteiger partial charge >= 0.3 is 0 Å². The molecule has 0 bridgehead atoms. The van der Waals surface area contributed by atoms with Gasteiger partial charge in [0.1, 0.15) is 0 Å². The highest BCUT2D eigenvalue weighted by Gasteiger charge is 2.27. The number of Topliss-reactive ketones (excluding diaryl/α,β-unsaturated/α-hetero) is 1. The predicted molar refractivity (Wildman–Crippen MR) is 67.6 cm³/mol. The van der Waals surface area contributed by atoms with Crippen LogP contribution in [0.15, 0.2) is 0 Å². The lowest BCUT2D eigenvalue weighted by Crippen LogP contribution is -2.44. The van der Waals surface area contributed by atoms with Crippen LogP contribution < -0.4 is 0 Å². The highest BCUT2D eigenvalue weighted by Crippen LogP contribution is 2.14. The van der Waals surface area contributed by atoms with E-state index in [1.54, 1.807) is 0 Å². The third kappa shape index (κ3) is 3.87. The van der Waals surface area contributed by atoms with Gasteiger partial charge in [-0.15, -0.1) is 0 Å². The lowest BCUT2D eigenvalue weighted by Gasteiger charge is -2.27. The molecule has 0 spiro atoms. The van der Waals surface area contributed by atoms with Crippen molar-refractivity contribution < 1.29 is 4.79 Å². The number of hydrogen-bond acceptors (Lipinski definition) is 3. The van der Waals surface area contributed by atoms with Gasteiger partial charge < -0.3 is 4.90 Å². The Morgan fingerprint density at radius 2 is 2.06 bits per heavy atom. The Balaban J connectivity index is 2.57. The van der Waals surface area contributed by atoms with Gasteiger partial charge in [0.05, 0.1) is 6.04 Å². The monoisotopic (exact) mass is 226 g/mol. The number of carbonyl (C=O) groups excluding carboxylic acids is 1. The smallest absolute Gasteiger partial charge is 0.151 e. The second kappa shape index (κ2) is 6.36. The maximum Gasteiger partial charge on any atom is 0.151 e. The second-order valence-corrected chi connectivity index (χ2v) is 5.30. The Labute approximate surface area is 99.8 Å². The maximum absolute atomic E-state index is 12.2. The molecule has 2 atom stereocenters. The molecule has 1 heterocycles. The van der Waals surface area contributed by atoms with Crippen LogP contribution in [-0.2, 0) is 4.79 Å². The molecule has 1 rings (SSSR count). The first-order valence-electron chi connectivity index (χ1n) is 6.46. The fraction of sp³-hybridized carbons (Fsp3) is 0.923. The number of nitrogens with zero attached hydrogens (tertiary/aromatic N) is 2. The highest BCUT2D eigenvalue weighted by atomic mass is 16.1. The topological polar surface area (TPSA) is 23.6 Å². The van der Waals surface area contributed by atoms with Crippen LogP contribution >= 0.6 is 0 Å². The fourth-order valence-electron chi connectivity index (χ4n) is 2.24. The summed E-state index contributed by atoms with van der Waals surface area (Å²) in [5.74, 6) is 0.944. The molecule has 0 aromatic carbocycles. The molecule has 1 saturated heterocycles. The van der Waals surface area contributed by atoms with Crippen molar-refractivity contribution in [2.45, 2.75) is 39.2 Å². The van der Waals surface area contributed by atoms with Crippen molar-refractivity contribution in [3.63, 3.8) is 0 Å². The van der Waals surface area contributed by atoms with Crippen molar-refractivity contribution in [3.05, 3.63) is 0 Å². The average molecular weight is 226 g/mol. The Kier molecular flexibility index (Phi) is 5.42. The summed E-state index contributed by atoms with van der Waals surface area (Å²) in [5, 5.41) is 0. The quantitative estimate of drug-likeness (QED) is 0.728. The van der Waals surface area contributed by atoms with Gasteiger partial charge in [-0.25, -0.2) is 0 Å². The van der Waals surface area contributed by atoms with Crippen LogP contribution in [0, 0.1) is 5.92 Å². The highest BCUT2D eigenvalue weighted by molar-refractivity contribution is 5.84. The fourth-order valence-corrected chi connectivity index (χ4v) is 2.24. The van der Waals surface area contributed by atoms with Crippen LogP contribution in [0.2, 0.25) is 0 Å². The Morgan fingerprint density at radius 3 is 2.69 bits per heavy atom. The third-order valence-corrected chi connectivity index (χ3v) is 3.69. The number of hydrogen-bond donors (Lipinski definition) is 0. The van der Waals surface area contributed by atoms with Gasteiger partial charge in [0, 0.05) is 13.0 Å². The minimum atomic E-state index is 0.112. The van der Waals surface area contributed by atoms with E-state index in [1.165, 1.54) is 6.42 Å². The Morgan fingerprint density at radius 1 is 1.38 bits per heavy atom. The van der Waals surface area contributed by atoms with Crippen LogP contribution in [-0.4, -0.2) is 55.4 Å². The number of likely N-dealkylation sites (N-methyl/N-ethyl adjacent to an activating group) is 2. The summed E-state index contributed by atoms with van der Waals surface area (Å²) >= 11 is 0. The van der Waals surface area contributed by atoms with E-state index in [4.69, 9.17) is 0 Å². The zero-order valence-corrected chi connectivity index (χ0v) is 11.2. The minimum Gasteiger partial charge on any atom is -0.304 e. The van der Waals surface area contributed by atoms with Gasteiger partial charge in [-0.3, -0.25) is 9.69 Å². The molecule has 0 N–H and O–H groups in total. The first kappa shape index (κ1) is 13.7. The van der Waals surface area contributed by atoms with E-state index < -0.39 is 0 Å². The van der Waals surface area contributed by atoms with Crippen molar-refractivity contribution in [2.75, 3.05) is 33.7 Å². The molecular weight excluding hydrogens is 200 g/mol. The molecule has 3 nitrogen and oxygen atoms in total. The molecule has 0 amide bonds. The molecule has 1 aliphatic heterocycles. The van der Waals surface area contributed by atoms with Gasteiger partial charge in [0.25, 0.3) is 0 Å². The summed E-state index contributed by atoms with van der Waals surface area (Å²) in [6.07, 6.45) is 3.00. The van der Waals surface area contributed by atoms with Gasteiger partial charge in [-0.05, 0) is 39.5 Å². The third-order valence-electron chi connectivity index (χ3n) is 3.69. The summed E-state index contributed by atoms with van der Waals surface area (Å²) in [6, 6.07) is 0.112. The van der Waals surface area contributed by atoms with Crippen LogP contribution in [0.4, 0.5) is 0 Å². The second-order valence-electron chi connectivity index (χ2n) is 5.30. The SMILES string of the molecule is CCC(C)CC(=O)C1CN(C)CCCN1C. The van der Waals surface area contributed by atoms with E-state index in [0.717, 1.165) is 32.5 Å². The van der Waals surface area contributed by atoms with E-state index in [9.17, 15) is 4.79 Å². The average Bonchev–Trinajstić information content (AvgIpc) is 2.40. The summed E-state index contributed by atoms with van der Waals surface area (Å²) in [6.45, 7) is 7.36. The summed E-state index contributed by atoms with van der Waals surface area (Å²) in [5.41, 5.74) is 0. The summed E-state index contributed by atoms with van der Waals surface area (Å²) < 4.78 is 0. The molecule has 0 aromatic heterocycles. The van der Waals surface area contributed by atoms with Crippen molar-refractivity contribution in [2.24, 2.45) is 5.92 Å². The molecule has 16 heavy (non-hydrogen) atoms. The molecule has 1 fully saturated rings. The molecular formula is C13H26N2O. The standard InChI is InChI=1S/C13H26N2O/c1-5-11(2)9-13(16)12-10-14(3)7-6-8-15(12)4/h11-12H,5-10H2,1-4H3. The molecule has 0 radical (unpaired) electrons. The van der Waals surface area contributed by atoms with Gasteiger partial charge in [-0.1, -0.05) is 20.3 Å². The Hall–Kier alpha value is -0.410. The van der Waals surface area contributed by atoms with Crippen LogP contribution in [0.5, 0.6) is 0 Å². The van der Waals surface area contributed by atoms with E-state index in [-0.39, 0.29) is 6.04 Å². The number of carbonyl (C=O) groups is 1. The lowest BCUT2D eigenvalue weighted by atomic mass is 9.97. The molecule has 0 saturated carbocycles. The van der Waals surface area contributed by atoms with Crippen LogP contribution in [0.3, 0.4) is 0 Å². The van der Waals surface area contributed by atoms with Gasteiger partial charge in [0.2, 0.25) is 0 Å². The van der Waals surface area contributed by atoms with Crippen molar-refractivity contribution in [1.82, 2.24) is 9.80 Å². The van der Waals surface area contributed by atoms with Crippen LogP contribution in [0.1, 0.15) is 33.1 Å². The van der Waals surface area contributed by atoms with E-state index in [2.05, 4.69) is 37.7 Å². The van der Waals surface area contributed by atoms with Gasteiger partial charge in [0.15, 0.2) is 5.78 Å². The van der Waals surface area contributed by atoms with E-state index >= 15 is 0 Å². The summed E-state index contributed by atoms with van der Waals surface area (Å²) in [4.78, 5) is 16.7. The zero-order chi connectivity index (χ0) is 12.1. The summed E-state index contributed by atoms with van der Waals surface area (Å²) in [7, 11) is 4.20. The van der Waals surface area contributed by atoms with Crippen LogP contribution in [0.25, 0.3) is 0 Å². The maximum atomic E-state index is 12.2. The van der Waals surface area contributed by atoms with Crippen molar-refractivity contribution in [1.29, 1.82) is 0 Å². The largest absolute Gasteiger partial charge is 0.304 e. The molecule has 2 unspecified atom stereocenters. The van der Waals surface area contributed by atoms with E-state index in [1.807, 2.05) is 0 Å². The molecule has 94 valence electrons. The predicted octanol–water partition coefficient (Wildman–Crippen LogP) is 1.63. The van der Waals surface area contributed by atoms with Crippen molar-refractivity contribution in [3.8, 4) is 0 Å².